The summed E-state index contributed by atoms with van der Waals surface area (Å²) < 4.78 is 10.6. The van der Waals surface area contributed by atoms with E-state index in [2.05, 4.69) is 13.8 Å². The molecular weight excluding hydrogens is 202 g/mol. The van der Waals surface area contributed by atoms with Crippen LogP contribution in [0.15, 0.2) is 18.2 Å². The Morgan fingerprint density at radius 1 is 1.12 bits per heavy atom. The fourth-order valence-electron chi connectivity index (χ4n) is 1.83. The quantitative estimate of drug-likeness (QED) is 0.834. The molecule has 0 aliphatic rings. The summed E-state index contributed by atoms with van der Waals surface area (Å²) in [5.41, 5.74) is 7.05. The van der Waals surface area contributed by atoms with Gasteiger partial charge in [-0.1, -0.05) is 13.8 Å². The summed E-state index contributed by atoms with van der Waals surface area (Å²) in [6, 6.07) is 5.75. The topological polar surface area (TPSA) is 44.5 Å². The van der Waals surface area contributed by atoms with Crippen LogP contribution >= 0.6 is 0 Å². The average molecular weight is 223 g/mol. The van der Waals surface area contributed by atoms with Gasteiger partial charge in [0.15, 0.2) is 0 Å². The Hall–Kier alpha value is -1.22. The van der Waals surface area contributed by atoms with E-state index in [9.17, 15) is 0 Å². The van der Waals surface area contributed by atoms with Crippen LogP contribution in [0.25, 0.3) is 0 Å². The van der Waals surface area contributed by atoms with E-state index in [1.165, 1.54) is 0 Å². The monoisotopic (exact) mass is 223 g/mol. The van der Waals surface area contributed by atoms with Crippen molar-refractivity contribution in [1.29, 1.82) is 0 Å². The van der Waals surface area contributed by atoms with Crippen molar-refractivity contribution in [2.45, 2.75) is 32.2 Å². The van der Waals surface area contributed by atoms with Gasteiger partial charge in [0.2, 0.25) is 0 Å². The molecule has 1 aromatic rings. The van der Waals surface area contributed by atoms with E-state index in [0.717, 1.165) is 29.9 Å². The molecule has 0 heterocycles. The summed E-state index contributed by atoms with van der Waals surface area (Å²) >= 11 is 0. The molecule has 0 amide bonds. The Kier molecular flexibility index (Phi) is 4.19. The largest absolute Gasteiger partial charge is 0.497 e. The predicted molar refractivity (Wildman–Crippen MR) is 66.0 cm³/mol. The molecule has 3 nitrogen and oxygen atoms in total. The fourth-order valence-corrected chi connectivity index (χ4v) is 1.83. The molecule has 0 atom stereocenters. The van der Waals surface area contributed by atoms with E-state index in [1.807, 2.05) is 18.2 Å². The molecule has 0 saturated heterocycles. The van der Waals surface area contributed by atoms with Crippen molar-refractivity contribution in [3.05, 3.63) is 23.8 Å². The summed E-state index contributed by atoms with van der Waals surface area (Å²) in [6.45, 7) is 4.17. The maximum Gasteiger partial charge on any atom is 0.124 e. The van der Waals surface area contributed by atoms with Crippen LogP contribution < -0.4 is 15.2 Å². The highest BCUT2D eigenvalue weighted by Gasteiger charge is 2.27. The predicted octanol–water partition coefficient (Wildman–Crippen LogP) is 2.68. The van der Waals surface area contributed by atoms with Gasteiger partial charge in [-0.25, -0.2) is 0 Å². The second-order valence-corrected chi connectivity index (χ2v) is 3.93. The highest BCUT2D eigenvalue weighted by molar-refractivity contribution is 5.44. The molecule has 0 aliphatic carbocycles. The third kappa shape index (κ3) is 2.30. The third-order valence-electron chi connectivity index (χ3n) is 3.20. The van der Waals surface area contributed by atoms with E-state index in [0.29, 0.717) is 0 Å². The molecule has 0 aromatic heterocycles. The smallest absolute Gasteiger partial charge is 0.124 e. The lowest BCUT2D eigenvalue weighted by Gasteiger charge is -2.29. The highest BCUT2D eigenvalue weighted by atomic mass is 16.5. The lowest BCUT2D eigenvalue weighted by Crippen LogP contribution is -2.35. The molecule has 0 radical (unpaired) electrons. The zero-order valence-corrected chi connectivity index (χ0v) is 10.5. The number of ether oxygens (including phenoxy) is 2. The molecular formula is C13H21NO2. The van der Waals surface area contributed by atoms with Gasteiger partial charge < -0.3 is 15.2 Å². The molecule has 1 aromatic carbocycles. The van der Waals surface area contributed by atoms with Crippen molar-refractivity contribution in [3.8, 4) is 11.5 Å². The van der Waals surface area contributed by atoms with E-state index < -0.39 is 0 Å². The third-order valence-corrected chi connectivity index (χ3v) is 3.20. The lowest BCUT2D eigenvalue weighted by molar-refractivity contribution is 0.356. The molecule has 0 spiro atoms. The van der Waals surface area contributed by atoms with E-state index in [4.69, 9.17) is 15.2 Å². The Morgan fingerprint density at radius 3 is 2.19 bits per heavy atom. The lowest BCUT2D eigenvalue weighted by atomic mass is 9.85. The van der Waals surface area contributed by atoms with Gasteiger partial charge in [0.25, 0.3) is 0 Å². The van der Waals surface area contributed by atoms with Crippen LogP contribution in [-0.4, -0.2) is 14.2 Å². The average Bonchev–Trinajstić information content (AvgIpc) is 2.37. The maximum atomic E-state index is 6.38. The molecule has 0 unspecified atom stereocenters. The van der Waals surface area contributed by atoms with Crippen LogP contribution in [0.5, 0.6) is 11.5 Å². The van der Waals surface area contributed by atoms with Crippen LogP contribution in [0.2, 0.25) is 0 Å². The first-order chi connectivity index (χ1) is 7.61. The van der Waals surface area contributed by atoms with E-state index in [1.54, 1.807) is 14.2 Å². The molecule has 0 fully saturated rings. The van der Waals surface area contributed by atoms with Crippen molar-refractivity contribution in [3.63, 3.8) is 0 Å². The van der Waals surface area contributed by atoms with Gasteiger partial charge >= 0.3 is 0 Å². The maximum absolute atomic E-state index is 6.38. The van der Waals surface area contributed by atoms with Gasteiger partial charge in [0.1, 0.15) is 11.5 Å². The minimum absolute atomic E-state index is 0.347. The standard InChI is InChI=1S/C13H21NO2/c1-5-13(14,6-2)11-9-10(15-3)7-8-12(11)16-4/h7-9H,5-6,14H2,1-4H3. The van der Waals surface area contributed by atoms with Crippen molar-refractivity contribution in [2.75, 3.05) is 14.2 Å². The molecule has 2 N–H and O–H groups in total. The minimum atomic E-state index is -0.347. The summed E-state index contributed by atoms with van der Waals surface area (Å²) in [5, 5.41) is 0. The van der Waals surface area contributed by atoms with Gasteiger partial charge in [-0.05, 0) is 31.0 Å². The number of hydrogen-bond acceptors (Lipinski definition) is 3. The summed E-state index contributed by atoms with van der Waals surface area (Å²) in [5.74, 6) is 1.64. The second-order valence-electron chi connectivity index (χ2n) is 3.93. The van der Waals surface area contributed by atoms with Crippen molar-refractivity contribution in [2.24, 2.45) is 5.73 Å². The van der Waals surface area contributed by atoms with Gasteiger partial charge in [0.05, 0.1) is 14.2 Å². The summed E-state index contributed by atoms with van der Waals surface area (Å²) in [6.07, 6.45) is 1.74. The number of nitrogens with two attached hydrogens (primary N) is 1. The van der Waals surface area contributed by atoms with Crippen LogP contribution in [-0.2, 0) is 5.54 Å². The zero-order chi connectivity index (χ0) is 12.2. The van der Waals surface area contributed by atoms with Crippen LogP contribution in [0, 0.1) is 0 Å². The summed E-state index contributed by atoms with van der Waals surface area (Å²) in [7, 11) is 3.32. The van der Waals surface area contributed by atoms with Crippen molar-refractivity contribution >= 4 is 0 Å². The Balaban J connectivity index is 3.27. The number of methoxy groups -OCH3 is 2. The van der Waals surface area contributed by atoms with E-state index in [-0.39, 0.29) is 5.54 Å². The van der Waals surface area contributed by atoms with Gasteiger partial charge in [-0.2, -0.15) is 0 Å². The second kappa shape index (κ2) is 5.21. The first-order valence-electron chi connectivity index (χ1n) is 5.62. The zero-order valence-electron chi connectivity index (χ0n) is 10.5. The van der Waals surface area contributed by atoms with Crippen molar-refractivity contribution < 1.29 is 9.47 Å². The molecule has 0 bridgehead atoms. The minimum Gasteiger partial charge on any atom is -0.497 e. The normalized spacial score (nSPS) is 11.3. The summed E-state index contributed by atoms with van der Waals surface area (Å²) in [4.78, 5) is 0. The molecule has 1 rings (SSSR count). The molecule has 0 aliphatic heterocycles. The van der Waals surface area contributed by atoms with Crippen LogP contribution in [0.1, 0.15) is 32.3 Å². The Labute approximate surface area is 97.6 Å². The first kappa shape index (κ1) is 12.8. The van der Waals surface area contributed by atoms with Crippen LogP contribution in [0.3, 0.4) is 0 Å². The Morgan fingerprint density at radius 2 is 1.75 bits per heavy atom. The number of benzene rings is 1. The SMILES string of the molecule is CCC(N)(CC)c1cc(OC)ccc1OC. The van der Waals surface area contributed by atoms with Gasteiger partial charge in [-0.3, -0.25) is 0 Å². The number of hydrogen-bond donors (Lipinski definition) is 1. The Bertz CT molecular complexity index is 346. The van der Waals surface area contributed by atoms with Crippen LogP contribution in [0.4, 0.5) is 0 Å². The molecule has 90 valence electrons. The molecule has 3 heteroatoms. The van der Waals surface area contributed by atoms with E-state index >= 15 is 0 Å². The van der Waals surface area contributed by atoms with Crippen molar-refractivity contribution in [1.82, 2.24) is 0 Å². The first-order valence-corrected chi connectivity index (χ1v) is 5.62. The molecule has 16 heavy (non-hydrogen) atoms. The fraction of sp³-hybridized carbons (Fsp3) is 0.538. The highest BCUT2D eigenvalue weighted by Crippen LogP contribution is 2.35. The van der Waals surface area contributed by atoms with Gasteiger partial charge in [-0.15, -0.1) is 0 Å². The number of rotatable bonds is 5. The van der Waals surface area contributed by atoms with Gasteiger partial charge in [0, 0.05) is 11.1 Å². The molecule has 0 saturated carbocycles.